The number of ether oxygens (including phenoxy) is 6. The summed E-state index contributed by atoms with van der Waals surface area (Å²) in [7, 11) is 0. The molecule has 0 amide bonds. The molecule has 0 saturated carbocycles. The molecule has 238 valence electrons. The summed E-state index contributed by atoms with van der Waals surface area (Å²) in [6.07, 6.45) is -2.20. The maximum atomic E-state index is 13.0. The predicted molar refractivity (Wildman–Crippen MR) is 166 cm³/mol. The van der Waals surface area contributed by atoms with E-state index in [9.17, 15) is 9.59 Å². The fourth-order valence-corrected chi connectivity index (χ4v) is 5.96. The first-order chi connectivity index (χ1) is 20.9. The van der Waals surface area contributed by atoms with Gasteiger partial charge in [-0.3, -0.25) is 14.3 Å². The average molecular weight is 690 g/mol. The number of aromatic nitrogens is 2. The van der Waals surface area contributed by atoms with Crippen LogP contribution in [-0.2, 0) is 41.6 Å². The maximum absolute atomic E-state index is 13.0. The molecule has 44 heavy (non-hydrogen) atoms. The van der Waals surface area contributed by atoms with Gasteiger partial charge in [-0.1, -0.05) is 58.5 Å². The Balaban J connectivity index is 1.43. The van der Waals surface area contributed by atoms with Gasteiger partial charge in [0, 0.05) is 31.9 Å². The van der Waals surface area contributed by atoms with Crippen LogP contribution >= 0.6 is 46.4 Å². The van der Waals surface area contributed by atoms with Gasteiger partial charge in [0.15, 0.2) is 12.0 Å². The molecule has 5 atom stereocenters. The van der Waals surface area contributed by atoms with Crippen molar-refractivity contribution in [3.63, 3.8) is 0 Å². The highest BCUT2D eigenvalue weighted by atomic mass is 35.5. The zero-order valence-corrected chi connectivity index (χ0v) is 27.2. The molecule has 1 N–H and O–H groups in total. The Bertz CT molecular complexity index is 1600. The third-order valence-corrected chi connectivity index (χ3v) is 8.42. The summed E-state index contributed by atoms with van der Waals surface area (Å²) in [6.45, 7) is 6.00. The van der Waals surface area contributed by atoms with Gasteiger partial charge < -0.3 is 28.4 Å². The first-order valence-electron chi connectivity index (χ1n) is 13.9. The van der Waals surface area contributed by atoms with Crippen LogP contribution in [0.3, 0.4) is 0 Å². The molecule has 10 nitrogen and oxygen atoms in total. The maximum Gasteiger partial charge on any atom is 0.330 e. The third-order valence-electron chi connectivity index (χ3n) is 7.25. The first kappa shape index (κ1) is 33.4. The number of nitrogens with zero attached hydrogens (tertiary/aromatic N) is 1. The smallest absolute Gasteiger partial charge is 0.330 e. The van der Waals surface area contributed by atoms with E-state index in [2.05, 4.69) is 4.98 Å². The van der Waals surface area contributed by atoms with E-state index in [1.54, 1.807) is 43.3 Å². The van der Waals surface area contributed by atoms with Crippen molar-refractivity contribution < 1.29 is 28.4 Å². The van der Waals surface area contributed by atoms with Crippen molar-refractivity contribution in [1.29, 1.82) is 0 Å². The molecular formula is C30H32Cl4N2O8. The Morgan fingerprint density at radius 2 is 1.59 bits per heavy atom. The number of nitrogens with one attached hydrogen (secondary N) is 1. The zero-order valence-electron chi connectivity index (χ0n) is 24.2. The third kappa shape index (κ3) is 8.06. The van der Waals surface area contributed by atoms with E-state index in [1.807, 2.05) is 13.8 Å². The van der Waals surface area contributed by atoms with Crippen LogP contribution in [0.5, 0.6) is 0 Å². The number of aromatic amines is 1. The number of hydrogen-bond acceptors (Lipinski definition) is 8. The number of halogens is 4. The molecule has 2 aliphatic rings. The molecule has 2 fully saturated rings. The van der Waals surface area contributed by atoms with Gasteiger partial charge in [0.05, 0.1) is 33.0 Å². The molecule has 0 bridgehead atoms. The van der Waals surface area contributed by atoms with E-state index in [1.165, 1.54) is 10.8 Å². The predicted octanol–water partition coefficient (Wildman–Crippen LogP) is 5.69. The summed E-state index contributed by atoms with van der Waals surface area (Å²) < 4.78 is 38.2. The molecule has 3 aromatic rings. The quantitative estimate of drug-likeness (QED) is 0.273. The highest BCUT2D eigenvalue weighted by molar-refractivity contribution is 6.35. The lowest BCUT2D eigenvalue weighted by Gasteiger charge is -2.27. The summed E-state index contributed by atoms with van der Waals surface area (Å²) >= 11 is 24.9. The van der Waals surface area contributed by atoms with Crippen molar-refractivity contribution in [2.24, 2.45) is 0 Å². The van der Waals surface area contributed by atoms with E-state index < -0.39 is 41.6 Å². The van der Waals surface area contributed by atoms with Crippen molar-refractivity contribution in [3.8, 4) is 0 Å². The van der Waals surface area contributed by atoms with Gasteiger partial charge in [-0.2, -0.15) is 0 Å². The van der Waals surface area contributed by atoms with Crippen LogP contribution in [0.15, 0.2) is 52.2 Å². The molecular weight excluding hydrogens is 658 g/mol. The van der Waals surface area contributed by atoms with Crippen LogP contribution in [0.4, 0.5) is 0 Å². The minimum absolute atomic E-state index is 0.0570. The van der Waals surface area contributed by atoms with Crippen molar-refractivity contribution in [1.82, 2.24) is 9.55 Å². The Hall–Kier alpha value is -1.96. The number of aryl methyl sites for hydroxylation is 1. The van der Waals surface area contributed by atoms with Crippen LogP contribution in [0.2, 0.25) is 20.1 Å². The first-order valence-corrected chi connectivity index (χ1v) is 15.4. The van der Waals surface area contributed by atoms with Gasteiger partial charge in [0.1, 0.15) is 24.4 Å². The van der Waals surface area contributed by atoms with Gasteiger partial charge in [-0.25, -0.2) is 4.79 Å². The second-order valence-electron chi connectivity index (χ2n) is 11.1. The second-order valence-corrected chi connectivity index (χ2v) is 12.7. The second kappa shape index (κ2) is 14.2. The van der Waals surface area contributed by atoms with E-state index in [0.29, 0.717) is 37.8 Å². The molecule has 14 heteroatoms. The van der Waals surface area contributed by atoms with Crippen LogP contribution in [0.25, 0.3) is 0 Å². The average Bonchev–Trinajstić information content (AvgIpc) is 3.48. The topological polar surface area (TPSA) is 110 Å². The molecule has 2 aromatic carbocycles. The molecule has 2 saturated heterocycles. The van der Waals surface area contributed by atoms with Gasteiger partial charge in [-0.15, -0.1) is 0 Å². The van der Waals surface area contributed by atoms with Gasteiger partial charge in [0.25, 0.3) is 5.56 Å². The minimum Gasteiger partial charge on any atom is -0.374 e. The van der Waals surface area contributed by atoms with Crippen LogP contribution < -0.4 is 11.2 Å². The summed E-state index contributed by atoms with van der Waals surface area (Å²) in [4.78, 5) is 27.5. The van der Waals surface area contributed by atoms with Crippen LogP contribution in [0.1, 0.15) is 36.8 Å². The summed E-state index contributed by atoms with van der Waals surface area (Å²) in [6, 6.07) is 10.2. The van der Waals surface area contributed by atoms with Crippen molar-refractivity contribution >= 4 is 46.4 Å². The van der Waals surface area contributed by atoms with E-state index >= 15 is 0 Å². The molecule has 0 radical (unpaired) electrons. The Kier molecular flexibility index (Phi) is 10.8. The molecule has 0 unspecified atom stereocenters. The van der Waals surface area contributed by atoms with Crippen molar-refractivity contribution in [2.75, 3.05) is 19.8 Å². The molecule has 3 heterocycles. The van der Waals surface area contributed by atoms with E-state index in [4.69, 9.17) is 74.8 Å². The molecule has 2 aliphatic heterocycles. The SMILES string of the molecule is Cc1cn([C@@H]2O[C@H](COCc3ccc(Cl)cc3Cl)[C@@H](OCc3ccc(Cl)cc3Cl)[C@H]2OC[C@@H]2COC(C)(C)O2)c(=O)[nH]c1=O. The number of benzene rings is 2. The van der Waals surface area contributed by atoms with Gasteiger partial charge >= 0.3 is 5.69 Å². The summed E-state index contributed by atoms with van der Waals surface area (Å²) in [5, 5.41) is 1.90. The van der Waals surface area contributed by atoms with Crippen LogP contribution in [-0.4, -0.2) is 59.6 Å². The zero-order chi connectivity index (χ0) is 31.6. The highest BCUT2D eigenvalue weighted by Crippen LogP contribution is 2.36. The molecule has 0 spiro atoms. The fraction of sp³-hybridized carbons (Fsp3) is 0.467. The lowest BCUT2D eigenvalue weighted by atomic mass is 10.1. The van der Waals surface area contributed by atoms with E-state index in [-0.39, 0.29) is 32.5 Å². The fourth-order valence-electron chi connectivity index (χ4n) is 5.03. The largest absolute Gasteiger partial charge is 0.374 e. The monoisotopic (exact) mass is 688 g/mol. The molecule has 5 rings (SSSR count). The lowest BCUT2D eigenvalue weighted by Crippen LogP contribution is -2.42. The van der Waals surface area contributed by atoms with Gasteiger partial charge in [-0.05, 0) is 56.2 Å². The number of H-pyrrole nitrogens is 1. The number of rotatable bonds is 11. The minimum atomic E-state index is -0.980. The standard InChI is InChI=1S/C30H32Cl4N2O8/c1-16-10-36(29(38)35-27(16)37)28-26(41-13-21-14-42-30(2,3)44-21)25(40-12-18-5-7-20(32)9-23(18)34)24(43-28)15-39-11-17-4-6-19(31)8-22(17)33/h4-10,21,24-26,28H,11-15H2,1-3H3,(H,35,37,38)/t21-,24-,25-,26-,28-/m1/s1. The Labute approximate surface area is 274 Å². The number of hydrogen-bond donors (Lipinski definition) is 1. The highest BCUT2D eigenvalue weighted by Gasteiger charge is 2.48. The van der Waals surface area contributed by atoms with Crippen molar-refractivity contribution in [3.05, 3.63) is 100 Å². The lowest BCUT2D eigenvalue weighted by molar-refractivity contribution is -0.156. The summed E-state index contributed by atoms with van der Waals surface area (Å²) in [5.74, 6) is -0.757. The molecule has 0 aliphatic carbocycles. The Morgan fingerprint density at radius 3 is 2.20 bits per heavy atom. The normalized spacial score (nSPS) is 24.7. The van der Waals surface area contributed by atoms with Crippen LogP contribution in [0, 0.1) is 6.92 Å². The van der Waals surface area contributed by atoms with Crippen molar-refractivity contribution in [2.45, 2.75) is 70.4 Å². The van der Waals surface area contributed by atoms with E-state index in [0.717, 1.165) is 5.56 Å². The Morgan fingerprint density at radius 1 is 0.932 bits per heavy atom. The molecule has 1 aromatic heterocycles. The van der Waals surface area contributed by atoms with Gasteiger partial charge in [0.2, 0.25) is 0 Å². The summed E-state index contributed by atoms with van der Waals surface area (Å²) in [5.41, 5.74) is 0.596.